The largest absolute Gasteiger partial charge is 0.228 e. The maximum Gasteiger partial charge on any atom is 0.215 e. The fourth-order valence-electron chi connectivity index (χ4n) is 0.923. The maximum atomic E-state index is 11.0. The molecule has 0 amide bonds. The van der Waals surface area contributed by atoms with Crippen LogP contribution < -0.4 is 5.14 Å². The van der Waals surface area contributed by atoms with Gasteiger partial charge in [-0.15, -0.1) is 0 Å². The van der Waals surface area contributed by atoms with E-state index >= 15 is 0 Å². The Morgan fingerprint density at radius 1 is 1.31 bits per heavy atom. The standard InChI is InChI=1S/C8H10INO2S/c1-6(13(10,11)12)7-2-4-8(9)5-3-7/h2-6H,1H3,(H2,10,11,12). The summed E-state index contributed by atoms with van der Waals surface area (Å²) in [4.78, 5) is 0. The van der Waals surface area contributed by atoms with Gasteiger partial charge in [-0.3, -0.25) is 0 Å². The van der Waals surface area contributed by atoms with Crippen molar-refractivity contribution in [2.24, 2.45) is 5.14 Å². The van der Waals surface area contributed by atoms with Crippen LogP contribution in [0.1, 0.15) is 17.7 Å². The smallest absolute Gasteiger partial charge is 0.215 e. The monoisotopic (exact) mass is 311 g/mol. The molecule has 1 atom stereocenters. The molecule has 72 valence electrons. The summed E-state index contributed by atoms with van der Waals surface area (Å²) in [5, 5.41) is 4.38. The Bertz CT molecular complexity index is 385. The molecule has 1 aromatic carbocycles. The molecule has 13 heavy (non-hydrogen) atoms. The Hall–Kier alpha value is -0.140. The Morgan fingerprint density at radius 3 is 2.15 bits per heavy atom. The van der Waals surface area contributed by atoms with Crippen molar-refractivity contribution in [2.45, 2.75) is 12.2 Å². The van der Waals surface area contributed by atoms with Gasteiger partial charge in [0.1, 0.15) is 0 Å². The Morgan fingerprint density at radius 2 is 1.77 bits per heavy atom. The minimum Gasteiger partial charge on any atom is -0.228 e. The third-order valence-electron chi connectivity index (χ3n) is 1.83. The van der Waals surface area contributed by atoms with Crippen LogP contribution in [-0.4, -0.2) is 8.42 Å². The lowest BCUT2D eigenvalue weighted by atomic mass is 10.2. The van der Waals surface area contributed by atoms with Gasteiger partial charge in [0.05, 0.1) is 5.25 Å². The van der Waals surface area contributed by atoms with Crippen LogP contribution >= 0.6 is 22.6 Å². The van der Waals surface area contributed by atoms with Gasteiger partial charge in [-0.25, -0.2) is 13.6 Å². The first kappa shape index (κ1) is 10.9. The number of benzene rings is 1. The Labute approximate surface area is 91.5 Å². The predicted octanol–water partition coefficient (Wildman–Crippen LogP) is 1.64. The van der Waals surface area contributed by atoms with Crippen molar-refractivity contribution in [1.82, 2.24) is 0 Å². The molecule has 2 N–H and O–H groups in total. The van der Waals surface area contributed by atoms with E-state index in [2.05, 4.69) is 22.6 Å². The van der Waals surface area contributed by atoms with Crippen molar-refractivity contribution in [1.29, 1.82) is 0 Å². The van der Waals surface area contributed by atoms with Crippen LogP contribution in [0.2, 0.25) is 0 Å². The van der Waals surface area contributed by atoms with E-state index in [1.54, 1.807) is 19.1 Å². The molecule has 0 fully saturated rings. The number of rotatable bonds is 2. The second kappa shape index (κ2) is 3.93. The molecule has 0 aromatic heterocycles. The lowest BCUT2D eigenvalue weighted by molar-refractivity contribution is 0.588. The Kier molecular flexibility index (Phi) is 3.31. The molecule has 0 spiro atoms. The second-order valence-electron chi connectivity index (χ2n) is 2.78. The van der Waals surface area contributed by atoms with Gasteiger partial charge in [-0.05, 0) is 47.2 Å². The molecular formula is C8H10INO2S. The maximum absolute atomic E-state index is 11.0. The van der Waals surface area contributed by atoms with E-state index in [4.69, 9.17) is 5.14 Å². The van der Waals surface area contributed by atoms with Gasteiger partial charge in [0.15, 0.2) is 0 Å². The molecule has 0 saturated carbocycles. The van der Waals surface area contributed by atoms with Crippen molar-refractivity contribution in [2.75, 3.05) is 0 Å². The van der Waals surface area contributed by atoms with Crippen LogP contribution in [0.5, 0.6) is 0 Å². The topological polar surface area (TPSA) is 60.2 Å². The minimum absolute atomic E-state index is 0.635. The average Bonchev–Trinajstić information content (AvgIpc) is 2.03. The molecule has 3 nitrogen and oxygen atoms in total. The lowest BCUT2D eigenvalue weighted by Crippen LogP contribution is -2.19. The summed E-state index contributed by atoms with van der Waals surface area (Å²) in [6.07, 6.45) is 0. The fraction of sp³-hybridized carbons (Fsp3) is 0.250. The SMILES string of the molecule is CC(c1ccc(I)cc1)S(N)(=O)=O. The van der Waals surface area contributed by atoms with E-state index in [0.717, 1.165) is 9.13 Å². The third kappa shape index (κ3) is 2.92. The third-order valence-corrected chi connectivity index (χ3v) is 3.81. The molecule has 0 aliphatic rings. The second-order valence-corrected chi connectivity index (χ2v) is 5.91. The first-order valence-electron chi connectivity index (χ1n) is 3.68. The molecule has 1 unspecified atom stereocenters. The zero-order chi connectivity index (χ0) is 10.1. The quantitative estimate of drug-likeness (QED) is 0.844. The molecule has 1 rings (SSSR count). The van der Waals surface area contributed by atoms with Crippen LogP contribution in [-0.2, 0) is 10.0 Å². The average molecular weight is 311 g/mol. The van der Waals surface area contributed by atoms with Crippen LogP contribution in [0.4, 0.5) is 0 Å². The van der Waals surface area contributed by atoms with Crippen LogP contribution in [0.15, 0.2) is 24.3 Å². The van der Waals surface area contributed by atoms with E-state index in [1.807, 2.05) is 12.1 Å². The molecule has 5 heteroatoms. The highest BCUT2D eigenvalue weighted by molar-refractivity contribution is 14.1. The van der Waals surface area contributed by atoms with Crippen molar-refractivity contribution < 1.29 is 8.42 Å². The fourth-order valence-corrected chi connectivity index (χ4v) is 1.82. The summed E-state index contributed by atoms with van der Waals surface area (Å²) in [7, 11) is -3.47. The van der Waals surface area contributed by atoms with Gasteiger partial charge >= 0.3 is 0 Å². The van der Waals surface area contributed by atoms with Gasteiger partial charge in [0.2, 0.25) is 10.0 Å². The van der Waals surface area contributed by atoms with Crippen LogP contribution in [0, 0.1) is 3.57 Å². The first-order valence-corrected chi connectivity index (χ1v) is 6.37. The summed E-state index contributed by atoms with van der Waals surface area (Å²) in [5.74, 6) is 0. The predicted molar refractivity (Wildman–Crippen MR) is 60.7 cm³/mol. The molecular weight excluding hydrogens is 301 g/mol. The van der Waals surface area contributed by atoms with E-state index < -0.39 is 15.3 Å². The van der Waals surface area contributed by atoms with Gasteiger partial charge < -0.3 is 0 Å². The molecule has 0 bridgehead atoms. The van der Waals surface area contributed by atoms with Crippen molar-refractivity contribution in [3.8, 4) is 0 Å². The van der Waals surface area contributed by atoms with Gasteiger partial charge in [-0.2, -0.15) is 0 Å². The molecule has 0 aliphatic carbocycles. The molecule has 0 aliphatic heterocycles. The van der Waals surface area contributed by atoms with Crippen molar-refractivity contribution >= 4 is 32.6 Å². The Balaban J connectivity index is 3.04. The summed E-state index contributed by atoms with van der Waals surface area (Å²) < 4.78 is 23.1. The van der Waals surface area contributed by atoms with Crippen LogP contribution in [0.25, 0.3) is 0 Å². The molecule has 0 radical (unpaired) electrons. The highest BCUT2D eigenvalue weighted by atomic mass is 127. The lowest BCUT2D eigenvalue weighted by Gasteiger charge is -2.08. The highest BCUT2D eigenvalue weighted by Crippen LogP contribution is 2.19. The number of hydrogen-bond donors (Lipinski definition) is 1. The van der Waals surface area contributed by atoms with E-state index in [1.165, 1.54) is 0 Å². The molecule has 0 saturated heterocycles. The number of halogens is 1. The van der Waals surface area contributed by atoms with E-state index in [0.29, 0.717) is 0 Å². The summed E-state index contributed by atoms with van der Waals surface area (Å²) in [6, 6.07) is 7.27. The zero-order valence-corrected chi connectivity index (χ0v) is 10.0. The van der Waals surface area contributed by atoms with E-state index in [-0.39, 0.29) is 0 Å². The van der Waals surface area contributed by atoms with Gasteiger partial charge in [0.25, 0.3) is 0 Å². The zero-order valence-electron chi connectivity index (χ0n) is 7.07. The molecule has 0 heterocycles. The number of primary sulfonamides is 1. The first-order chi connectivity index (χ1) is 5.91. The van der Waals surface area contributed by atoms with E-state index in [9.17, 15) is 8.42 Å². The summed E-state index contributed by atoms with van der Waals surface area (Å²) in [5.41, 5.74) is 0.725. The van der Waals surface area contributed by atoms with Crippen molar-refractivity contribution in [3.05, 3.63) is 33.4 Å². The number of sulfonamides is 1. The highest BCUT2D eigenvalue weighted by Gasteiger charge is 2.17. The van der Waals surface area contributed by atoms with Crippen LogP contribution in [0.3, 0.4) is 0 Å². The minimum atomic E-state index is -3.47. The number of nitrogens with two attached hydrogens (primary N) is 1. The van der Waals surface area contributed by atoms with Gasteiger partial charge in [0, 0.05) is 3.57 Å². The molecule has 1 aromatic rings. The summed E-state index contributed by atoms with van der Waals surface area (Å²) >= 11 is 2.16. The summed E-state index contributed by atoms with van der Waals surface area (Å²) in [6.45, 7) is 1.58. The van der Waals surface area contributed by atoms with Crippen molar-refractivity contribution in [3.63, 3.8) is 0 Å². The normalized spacial score (nSPS) is 14.1. The number of hydrogen-bond acceptors (Lipinski definition) is 2. The van der Waals surface area contributed by atoms with Gasteiger partial charge in [-0.1, -0.05) is 12.1 Å².